The summed E-state index contributed by atoms with van der Waals surface area (Å²) >= 11 is 0. The van der Waals surface area contributed by atoms with Crippen LogP contribution in [-0.4, -0.2) is 48.0 Å². The first-order valence-electron chi connectivity index (χ1n) is 11.9. The second kappa shape index (κ2) is 7.70. The van der Waals surface area contributed by atoms with Crippen molar-refractivity contribution in [2.24, 2.45) is 10.8 Å². The Hall–Kier alpha value is -2.12. The van der Waals surface area contributed by atoms with Gasteiger partial charge in [-0.15, -0.1) is 0 Å². The van der Waals surface area contributed by atoms with Crippen LogP contribution >= 0.6 is 0 Å². The molecule has 0 radical (unpaired) electrons. The van der Waals surface area contributed by atoms with Gasteiger partial charge in [-0.3, -0.25) is 9.88 Å². The molecule has 5 rings (SSSR count). The van der Waals surface area contributed by atoms with Gasteiger partial charge in [-0.05, 0) is 55.0 Å². The van der Waals surface area contributed by atoms with Crippen LogP contribution in [0, 0.1) is 16.6 Å². The lowest BCUT2D eigenvalue weighted by atomic mass is 9.55. The number of anilines is 1. The van der Waals surface area contributed by atoms with E-state index in [9.17, 15) is 0 Å². The predicted octanol–water partition coefficient (Wildman–Crippen LogP) is 5.26. The van der Waals surface area contributed by atoms with Gasteiger partial charge >= 0.3 is 0 Å². The molecule has 3 atom stereocenters. The van der Waals surface area contributed by atoms with E-state index < -0.39 is 11.3 Å². The van der Waals surface area contributed by atoms with Crippen molar-refractivity contribution in [1.82, 2.24) is 15.2 Å². The molecule has 2 N–H and O–H groups in total. The van der Waals surface area contributed by atoms with Gasteiger partial charge in [0.1, 0.15) is 11.5 Å². The number of halogens is 3. The van der Waals surface area contributed by atoms with Gasteiger partial charge in [-0.2, -0.15) is 0 Å². The predicted molar refractivity (Wildman–Crippen MR) is 125 cm³/mol. The van der Waals surface area contributed by atoms with Crippen molar-refractivity contribution in [3.8, 4) is 11.3 Å². The van der Waals surface area contributed by atoms with Crippen LogP contribution in [0.3, 0.4) is 0 Å². The van der Waals surface area contributed by atoms with Crippen LogP contribution in [0.4, 0.5) is 18.9 Å². The number of rotatable bonds is 3. The molecular formula is C26H33F3N4. The number of hydrogen-bond acceptors (Lipinski definition) is 4. The van der Waals surface area contributed by atoms with E-state index in [2.05, 4.69) is 20.5 Å². The molecule has 2 aromatic rings. The fourth-order valence-corrected chi connectivity index (χ4v) is 6.48. The van der Waals surface area contributed by atoms with Crippen LogP contribution in [0.25, 0.3) is 11.3 Å². The van der Waals surface area contributed by atoms with Gasteiger partial charge in [-0.1, -0.05) is 32.9 Å². The van der Waals surface area contributed by atoms with Crippen LogP contribution in [0.15, 0.2) is 30.5 Å². The standard InChI is InChI=1S/C26H33F3N4/c1-16(33-15-25(23(33)24(2,3)4)9-11-30-14-26(25,28)29)17-12-20(27)22(32-13-17)19-6-5-7-21-18(19)8-10-31-21/h5-7,12-13,16,23,30-31H,8-11,14-15H2,1-4H3. The lowest BCUT2D eigenvalue weighted by Gasteiger charge is -2.67. The molecule has 0 bridgehead atoms. The summed E-state index contributed by atoms with van der Waals surface area (Å²) in [5.41, 5.74) is 2.64. The fraction of sp³-hybridized carbons (Fsp3) is 0.577. The first-order chi connectivity index (χ1) is 15.6. The highest BCUT2D eigenvalue weighted by Gasteiger charge is 2.69. The van der Waals surface area contributed by atoms with Crippen LogP contribution in [-0.2, 0) is 6.42 Å². The Morgan fingerprint density at radius 2 is 2.00 bits per heavy atom. The van der Waals surface area contributed by atoms with Crippen LogP contribution in [0.5, 0.6) is 0 Å². The highest BCUT2D eigenvalue weighted by atomic mass is 19.3. The van der Waals surface area contributed by atoms with Gasteiger partial charge < -0.3 is 10.6 Å². The summed E-state index contributed by atoms with van der Waals surface area (Å²) in [5.74, 6) is -3.14. The molecule has 1 spiro atoms. The third-order valence-electron chi connectivity index (χ3n) is 7.93. The minimum atomic E-state index is -2.77. The quantitative estimate of drug-likeness (QED) is 0.658. The lowest BCUT2D eigenvalue weighted by Crippen LogP contribution is -2.78. The summed E-state index contributed by atoms with van der Waals surface area (Å²) in [6, 6.07) is 6.86. The van der Waals surface area contributed by atoms with Crippen molar-refractivity contribution in [1.29, 1.82) is 0 Å². The first-order valence-corrected chi connectivity index (χ1v) is 11.9. The molecule has 0 aliphatic carbocycles. The van der Waals surface area contributed by atoms with Crippen LogP contribution in [0.2, 0.25) is 0 Å². The molecule has 1 aromatic heterocycles. The van der Waals surface area contributed by atoms with E-state index in [1.54, 1.807) is 12.3 Å². The third-order valence-corrected chi connectivity index (χ3v) is 7.93. The molecule has 7 heteroatoms. The fourth-order valence-electron chi connectivity index (χ4n) is 6.48. The van der Waals surface area contributed by atoms with E-state index in [1.807, 2.05) is 45.9 Å². The van der Waals surface area contributed by atoms with Gasteiger partial charge in [0.05, 0.1) is 12.0 Å². The molecule has 1 aromatic carbocycles. The maximum absolute atomic E-state index is 15.3. The van der Waals surface area contributed by atoms with Crippen molar-refractivity contribution in [2.45, 2.75) is 58.5 Å². The van der Waals surface area contributed by atoms with Crippen molar-refractivity contribution in [3.63, 3.8) is 0 Å². The summed E-state index contributed by atoms with van der Waals surface area (Å²) in [5, 5.41) is 6.18. The van der Waals surface area contributed by atoms with E-state index in [4.69, 9.17) is 0 Å². The topological polar surface area (TPSA) is 40.2 Å². The number of nitrogens with one attached hydrogen (secondary N) is 2. The Bertz CT molecular complexity index is 1060. The second-order valence-corrected chi connectivity index (χ2v) is 11.0. The van der Waals surface area contributed by atoms with E-state index in [0.717, 1.165) is 35.3 Å². The number of alkyl halides is 2. The number of pyridine rings is 1. The Labute approximate surface area is 194 Å². The van der Waals surface area contributed by atoms with Gasteiger partial charge in [0, 0.05) is 42.6 Å². The third kappa shape index (κ3) is 3.46. The maximum Gasteiger partial charge on any atom is 0.268 e. The SMILES string of the molecule is CC(c1cnc(-c2cccc3c2CCN3)c(F)c1)N1CC2(CCNCC2(F)F)C1C(C)(C)C. The Morgan fingerprint density at radius 1 is 1.21 bits per heavy atom. The van der Waals surface area contributed by atoms with Gasteiger partial charge in [0.15, 0.2) is 0 Å². The zero-order valence-electron chi connectivity index (χ0n) is 19.8. The molecule has 4 heterocycles. The van der Waals surface area contributed by atoms with E-state index >= 15 is 13.2 Å². The molecule has 3 unspecified atom stereocenters. The number of likely N-dealkylation sites (tertiary alicyclic amines) is 1. The average molecular weight is 459 g/mol. The molecule has 3 aliphatic heterocycles. The van der Waals surface area contributed by atoms with Crippen molar-refractivity contribution in [3.05, 3.63) is 47.4 Å². The molecule has 3 aliphatic rings. The minimum Gasteiger partial charge on any atom is -0.384 e. The van der Waals surface area contributed by atoms with E-state index in [0.29, 0.717) is 25.2 Å². The summed E-state index contributed by atoms with van der Waals surface area (Å²) < 4.78 is 45.7. The van der Waals surface area contributed by atoms with Crippen LogP contribution in [0.1, 0.15) is 51.3 Å². The second-order valence-electron chi connectivity index (χ2n) is 11.0. The lowest BCUT2D eigenvalue weighted by molar-refractivity contribution is -0.269. The number of benzene rings is 1. The summed E-state index contributed by atoms with van der Waals surface area (Å²) in [4.78, 5) is 6.64. The summed E-state index contributed by atoms with van der Waals surface area (Å²) in [6.45, 7) is 9.55. The minimum absolute atomic E-state index is 0.204. The number of piperidine rings is 1. The average Bonchev–Trinajstić information content (AvgIpc) is 3.20. The zero-order valence-corrected chi connectivity index (χ0v) is 19.8. The maximum atomic E-state index is 15.3. The smallest absolute Gasteiger partial charge is 0.268 e. The first kappa shape index (κ1) is 22.7. The molecule has 178 valence electrons. The molecule has 0 amide bonds. The Morgan fingerprint density at radius 3 is 2.70 bits per heavy atom. The normalized spacial score (nSPS) is 27.7. The molecule has 2 saturated heterocycles. The van der Waals surface area contributed by atoms with Crippen molar-refractivity contribution in [2.75, 3.05) is 31.5 Å². The van der Waals surface area contributed by atoms with Gasteiger partial charge in [0.2, 0.25) is 0 Å². The highest BCUT2D eigenvalue weighted by Crippen LogP contribution is 2.59. The monoisotopic (exact) mass is 458 g/mol. The Balaban J connectivity index is 1.45. The molecular weight excluding hydrogens is 425 g/mol. The summed E-state index contributed by atoms with van der Waals surface area (Å²) in [7, 11) is 0. The van der Waals surface area contributed by atoms with E-state index in [-0.39, 0.29) is 29.9 Å². The number of aromatic nitrogens is 1. The summed E-state index contributed by atoms with van der Waals surface area (Å²) in [6.07, 6.45) is 3.01. The molecule has 4 nitrogen and oxygen atoms in total. The Kier molecular flexibility index (Phi) is 5.29. The number of nitrogens with zero attached hydrogens (tertiary/aromatic N) is 2. The largest absolute Gasteiger partial charge is 0.384 e. The highest BCUT2D eigenvalue weighted by molar-refractivity contribution is 5.74. The van der Waals surface area contributed by atoms with Crippen LogP contribution < -0.4 is 10.6 Å². The zero-order chi connectivity index (χ0) is 23.6. The molecule has 2 fully saturated rings. The van der Waals surface area contributed by atoms with Crippen molar-refractivity contribution < 1.29 is 13.2 Å². The van der Waals surface area contributed by atoms with Crippen molar-refractivity contribution >= 4 is 5.69 Å². The number of hydrogen-bond donors (Lipinski definition) is 2. The van der Waals surface area contributed by atoms with E-state index in [1.165, 1.54) is 0 Å². The van der Waals surface area contributed by atoms with Gasteiger partial charge in [0.25, 0.3) is 5.92 Å². The van der Waals surface area contributed by atoms with Gasteiger partial charge in [-0.25, -0.2) is 13.2 Å². The molecule has 33 heavy (non-hydrogen) atoms. The number of fused-ring (bicyclic) bond motifs is 1. The molecule has 0 saturated carbocycles.